The van der Waals surface area contributed by atoms with Crippen molar-refractivity contribution in [3.8, 4) is 0 Å². The standard InChI is InChI=1S/C7H5Cl2F3N2/c8-3-1-4(6(9)14-2-3)5(13)7(10,11)12/h1-2,5H,13H2/t5-/m0/s1. The third-order valence-electron chi connectivity index (χ3n) is 1.52. The fourth-order valence-corrected chi connectivity index (χ4v) is 1.22. The molecule has 0 saturated carbocycles. The van der Waals surface area contributed by atoms with Gasteiger partial charge in [-0.2, -0.15) is 13.2 Å². The van der Waals surface area contributed by atoms with Gasteiger partial charge >= 0.3 is 6.18 Å². The molecule has 0 spiro atoms. The van der Waals surface area contributed by atoms with E-state index < -0.39 is 12.2 Å². The summed E-state index contributed by atoms with van der Waals surface area (Å²) in [5.74, 6) is 0. The lowest BCUT2D eigenvalue weighted by Gasteiger charge is -2.16. The molecule has 0 radical (unpaired) electrons. The summed E-state index contributed by atoms with van der Waals surface area (Å²) in [7, 11) is 0. The maximum absolute atomic E-state index is 12.2. The number of hydrogen-bond acceptors (Lipinski definition) is 2. The van der Waals surface area contributed by atoms with Crippen LogP contribution >= 0.6 is 23.2 Å². The summed E-state index contributed by atoms with van der Waals surface area (Å²) in [4.78, 5) is 3.47. The smallest absolute Gasteiger partial charge is 0.316 e. The van der Waals surface area contributed by atoms with Gasteiger partial charge in [-0.05, 0) is 6.07 Å². The third kappa shape index (κ3) is 2.50. The van der Waals surface area contributed by atoms with E-state index in [1.54, 1.807) is 0 Å². The van der Waals surface area contributed by atoms with Crippen molar-refractivity contribution in [3.63, 3.8) is 0 Å². The van der Waals surface area contributed by atoms with Crippen molar-refractivity contribution >= 4 is 23.2 Å². The second-order valence-corrected chi connectivity index (χ2v) is 3.35. The second-order valence-electron chi connectivity index (χ2n) is 2.55. The van der Waals surface area contributed by atoms with E-state index >= 15 is 0 Å². The summed E-state index contributed by atoms with van der Waals surface area (Å²) in [6, 6.07) is -1.11. The zero-order chi connectivity index (χ0) is 10.9. The molecule has 2 nitrogen and oxygen atoms in total. The Morgan fingerprint density at radius 3 is 2.43 bits per heavy atom. The Labute approximate surface area is 87.8 Å². The molecule has 0 bridgehead atoms. The number of aromatic nitrogens is 1. The first-order chi connectivity index (χ1) is 6.32. The number of pyridine rings is 1. The molecule has 78 valence electrons. The van der Waals surface area contributed by atoms with E-state index in [1.165, 1.54) is 0 Å². The monoisotopic (exact) mass is 244 g/mol. The Bertz CT molecular complexity index is 340. The average molecular weight is 245 g/mol. The van der Waals surface area contributed by atoms with Gasteiger partial charge in [0.2, 0.25) is 0 Å². The van der Waals surface area contributed by atoms with Crippen LogP contribution in [-0.2, 0) is 0 Å². The summed E-state index contributed by atoms with van der Waals surface area (Å²) in [6.45, 7) is 0. The highest BCUT2D eigenvalue weighted by Gasteiger charge is 2.39. The van der Waals surface area contributed by atoms with Crippen molar-refractivity contribution in [2.75, 3.05) is 0 Å². The van der Waals surface area contributed by atoms with Crippen molar-refractivity contribution in [2.45, 2.75) is 12.2 Å². The van der Waals surface area contributed by atoms with Crippen molar-refractivity contribution < 1.29 is 13.2 Å². The van der Waals surface area contributed by atoms with E-state index in [9.17, 15) is 13.2 Å². The molecule has 1 rings (SSSR count). The van der Waals surface area contributed by atoms with Crippen molar-refractivity contribution in [1.82, 2.24) is 4.98 Å². The first kappa shape index (κ1) is 11.6. The average Bonchev–Trinajstić information content (AvgIpc) is 2.06. The minimum atomic E-state index is -4.56. The van der Waals surface area contributed by atoms with Gasteiger partial charge in [-0.25, -0.2) is 4.98 Å². The summed E-state index contributed by atoms with van der Waals surface area (Å²) >= 11 is 10.9. The maximum Gasteiger partial charge on any atom is 0.407 e. The van der Waals surface area contributed by atoms with Gasteiger partial charge in [0, 0.05) is 11.8 Å². The van der Waals surface area contributed by atoms with Gasteiger partial charge < -0.3 is 5.73 Å². The zero-order valence-electron chi connectivity index (χ0n) is 6.65. The SMILES string of the molecule is N[C@@H](c1cc(Cl)cnc1Cl)C(F)(F)F. The van der Waals surface area contributed by atoms with E-state index in [-0.39, 0.29) is 15.7 Å². The van der Waals surface area contributed by atoms with Gasteiger partial charge in [0.15, 0.2) is 0 Å². The number of rotatable bonds is 1. The van der Waals surface area contributed by atoms with Crippen LogP contribution in [0.25, 0.3) is 0 Å². The van der Waals surface area contributed by atoms with Crippen LogP contribution in [0.5, 0.6) is 0 Å². The van der Waals surface area contributed by atoms with Crippen LogP contribution in [0.1, 0.15) is 11.6 Å². The fraction of sp³-hybridized carbons (Fsp3) is 0.286. The Morgan fingerprint density at radius 1 is 1.36 bits per heavy atom. The largest absolute Gasteiger partial charge is 0.407 e. The zero-order valence-corrected chi connectivity index (χ0v) is 8.16. The molecular weight excluding hydrogens is 240 g/mol. The Hall–Kier alpha value is -0.520. The predicted molar refractivity (Wildman–Crippen MR) is 47.2 cm³/mol. The Morgan fingerprint density at radius 2 is 1.93 bits per heavy atom. The molecule has 0 amide bonds. The normalized spacial score (nSPS) is 14.1. The lowest BCUT2D eigenvalue weighted by Crippen LogP contribution is -2.28. The molecule has 2 N–H and O–H groups in total. The second kappa shape index (κ2) is 3.92. The first-order valence-electron chi connectivity index (χ1n) is 3.45. The topological polar surface area (TPSA) is 38.9 Å². The number of alkyl halides is 3. The van der Waals surface area contributed by atoms with Crippen molar-refractivity contribution in [3.05, 3.63) is 28.0 Å². The lowest BCUT2D eigenvalue weighted by molar-refractivity contribution is -0.149. The Kier molecular flexibility index (Phi) is 3.24. The summed E-state index contributed by atoms with van der Waals surface area (Å²) in [6.07, 6.45) is -3.41. The quantitative estimate of drug-likeness (QED) is 0.772. The summed E-state index contributed by atoms with van der Waals surface area (Å²) in [5.41, 5.74) is 4.61. The molecule has 0 fully saturated rings. The number of nitrogens with two attached hydrogens (primary N) is 1. The van der Waals surface area contributed by atoms with Gasteiger partial charge in [0.05, 0.1) is 5.02 Å². The van der Waals surface area contributed by atoms with E-state index in [2.05, 4.69) is 4.98 Å². The third-order valence-corrected chi connectivity index (χ3v) is 2.04. The van der Waals surface area contributed by atoms with Crippen LogP contribution in [0, 0.1) is 0 Å². The highest BCUT2D eigenvalue weighted by molar-refractivity contribution is 6.32. The summed E-state index contributed by atoms with van der Waals surface area (Å²) < 4.78 is 36.6. The molecule has 0 aliphatic heterocycles. The molecule has 0 unspecified atom stereocenters. The van der Waals surface area contributed by atoms with Crippen LogP contribution in [0.3, 0.4) is 0 Å². The maximum atomic E-state index is 12.2. The van der Waals surface area contributed by atoms with Crippen LogP contribution in [0.15, 0.2) is 12.3 Å². The molecule has 1 aromatic heterocycles. The number of hydrogen-bond donors (Lipinski definition) is 1. The highest BCUT2D eigenvalue weighted by atomic mass is 35.5. The minimum Gasteiger partial charge on any atom is -0.316 e. The van der Waals surface area contributed by atoms with E-state index in [0.29, 0.717) is 0 Å². The number of nitrogens with zero attached hydrogens (tertiary/aromatic N) is 1. The van der Waals surface area contributed by atoms with Gasteiger partial charge in [0.1, 0.15) is 11.2 Å². The number of halogens is 5. The molecule has 0 aliphatic carbocycles. The van der Waals surface area contributed by atoms with Gasteiger partial charge in [-0.15, -0.1) is 0 Å². The summed E-state index contributed by atoms with van der Waals surface area (Å²) in [5, 5.41) is -0.233. The molecule has 0 aliphatic rings. The molecule has 7 heteroatoms. The molecule has 1 aromatic rings. The first-order valence-corrected chi connectivity index (χ1v) is 4.21. The molecule has 14 heavy (non-hydrogen) atoms. The van der Waals surface area contributed by atoms with Crippen LogP contribution in [0.4, 0.5) is 13.2 Å². The molecule has 1 atom stereocenters. The molecule has 0 aromatic carbocycles. The van der Waals surface area contributed by atoms with E-state index in [0.717, 1.165) is 12.3 Å². The molecular formula is C7H5Cl2F3N2. The van der Waals surface area contributed by atoms with Gasteiger partial charge in [-0.3, -0.25) is 0 Å². The molecule has 0 saturated heterocycles. The highest BCUT2D eigenvalue weighted by Crippen LogP contribution is 2.34. The lowest BCUT2D eigenvalue weighted by atomic mass is 10.1. The van der Waals surface area contributed by atoms with Crippen molar-refractivity contribution in [2.24, 2.45) is 5.73 Å². The van der Waals surface area contributed by atoms with Crippen LogP contribution in [-0.4, -0.2) is 11.2 Å². The predicted octanol–water partition coefficient (Wildman–Crippen LogP) is 2.95. The van der Waals surface area contributed by atoms with E-state index in [1.807, 2.05) is 0 Å². The Balaban J connectivity index is 3.12. The van der Waals surface area contributed by atoms with Gasteiger partial charge in [0.25, 0.3) is 0 Å². The fourth-order valence-electron chi connectivity index (χ4n) is 0.833. The van der Waals surface area contributed by atoms with Crippen LogP contribution in [0.2, 0.25) is 10.2 Å². The van der Waals surface area contributed by atoms with Crippen LogP contribution < -0.4 is 5.73 Å². The van der Waals surface area contributed by atoms with Crippen molar-refractivity contribution in [1.29, 1.82) is 0 Å². The van der Waals surface area contributed by atoms with Gasteiger partial charge in [-0.1, -0.05) is 23.2 Å². The minimum absolute atomic E-state index is 0.0594. The molecule has 1 heterocycles. The van der Waals surface area contributed by atoms with E-state index in [4.69, 9.17) is 28.9 Å².